The van der Waals surface area contributed by atoms with Gasteiger partial charge in [0.05, 0.1) is 12.2 Å². The fourth-order valence-corrected chi connectivity index (χ4v) is 1.95. The first kappa shape index (κ1) is 13.0. The summed E-state index contributed by atoms with van der Waals surface area (Å²) in [5.74, 6) is -0.503. The van der Waals surface area contributed by atoms with Gasteiger partial charge in [-0.1, -0.05) is 13.3 Å². The van der Waals surface area contributed by atoms with Crippen molar-refractivity contribution in [2.75, 3.05) is 19.7 Å². The topological polar surface area (TPSA) is 53.3 Å². The molecule has 4 heteroatoms. The maximum absolute atomic E-state index is 12.1. The lowest BCUT2D eigenvalue weighted by atomic mass is 10.0. The van der Waals surface area contributed by atoms with Crippen molar-refractivity contribution in [2.24, 2.45) is 5.92 Å². The van der Waals surface area contributed by atoms with E-state index in [1.165, 1.54) is 0 Å². The van der Waals surface area contributed by atoms with Gasteiger partial charge < -0.3 is 9.64 Å². The largest absolute Gasteiger partial charge is 0.377 e. The SMILES string of the molecule is CCCC(C#N)C(=O)N1CCCOC(C)C1. The predicted octanol–water partition coefficient (Wildman–Crippen LogP) is 1.56. The molecule has 1 saturated heterocycles. The smallest absolute Gasteiger partial charge is 0.240 e. The van der Waals surface area contributed by atoms with Gasteiger partial charge in [-0.05, 0) is 19.8 Å². The summed E-state index contributed by atoms with van der Waals surface area (Å²) in [5.41, 5.74) is 0. The van der Waals surface area contributed by atoms with Crippen LogP contribution in [-0.4, -0.2) is 36.6 Å². The van der Waals surface area contributed by atoms with E-state index in [2.05, 4.69) is 6.07 Å². The highest BCUT2D eigenvalue weighted by atomic mass is 16.5. The standard InChI is InChI=1S/C12H20N2O2/c1-3-5-11(8-13)12(15)14-6-4-7-16-10(2)9-14/h10-11H,3-7,9H2,1-2H3. The van der Waals surface area contributed by atoms with Crippen LogP contribution < -0.4 is 0 Å². The summed E-state index contributed by atoms with van der Waals surface area (Å²) in [5, 5.41) is 8.97. The monoisotopic (exact) mass is 224 g/mol. The van der Waals surface area contributed by atoms with Crippen molar-refractivity contribution in [1.29, 1.82) is 5.26 Å². The van der Waals surface area contributed by atoms with Crippen LogP contribution in [0.3, 0.4) is 0 Å². The normalized spacial score (nSPS) is 23.3. The molecule has 2 unspecified atom stereocenters. The number of carbonyl (C=O) groups excluding carboxylic acids is 1. The number of hydrogen-bond acceptors (Lipinski definition) is 3. The van der Waals surface area contributed by atoms with Crippen molar-refractivity contribution >= 4 is 5.91 Å². The zero-order valence-corrected chi connectivity index (χ0v) is 10.1. The Kier molecular flexibility index (Phi) is 5.27. The molecule has 1 rings (SSSR count). The zero-order chi connectivity index (χ0) is 12.0. The molecule has 1 heterocycles. The highest BCUT2D eigenvalue weighted by Crippen LogP contribution is 2.13. The molecule has 0 bridgehead atoms. The van der Waals surface area contributed by atoms with Crippen molar-refractivity contribution < 1.29 is 9.53 Å². The molecule has 0 saturated carbocycles. The third-order valence-electron chi connectivity index (χ3n) is 2.80. The van der Waals surface area contributed by atoms with Crippen LogP contribution in [0.25, 0.3) is 0 Å². The van der Waals surface area contributed by atoms with Crippen LogP contribution in [0.1, 0.15) is 33.1 Å². The summed E-state index contributed by atoms with van der Waals surface area (Å²) in [4.78, 5) is 13.8. The third kappa shape index (κ3) is 3.49. The van der Waals surface area contributed by atoms with Crippen LogP contribution in [0, 0.1) is 17.2 Å². The van der Waals surface area contributed by atoms with Gasteiger partial charge in [-0.3, -0.25) is 4.79 Å². The average Bonchev–Trinajstić information content (AvgIpc) is 2.50. The second-order valence-electron chi connectivity index (χ2n) is 4.29. The number of nitrogens with zero attached hydrogens (tertiary/aromatic N) is 2. The lowest BCUT2D eigenvalue weighted by Gasteiger charge is -2.24. The Hall–Kier alpha value is -1.08. The van der Waals surface area contributed by atoms with Gasteiger partial charge in [0.25, 0.3) is 0 Å². The molecule has 1 fully saturated rings. The van der Waals surface area contributed by atoms with E-state index >= 15 is 0 Å². The molecule has 2 atom stereocenters. The van der Waals surface area contributed by atoms with Gasteiger partial charge in [-0.2, -0.15) is 5.26 Å². The Balaban J connectivity index is 2.60. The molecule has 0 aliphatic carbocycles. The summed E-state index contributed by atoms with van der Waals surface area (Å²) in [7, 11) is 0. The Morgan fingerprint density at radius 2 is 2.44 bits per heavy atom. The molecule has 0 aromatic carbocycles. The molecule has 1 aliphatic heterocycles. The van der Waals surface area contributed by atoms with E-state index in [4.69, 9.17) is 10.00 Å². The fraction of sp³-hybridized carbons (Fsp3) is 0.833. The molecule has 90 valence electrons. The van der Waals surface area contributed by atoms with Crippen molar-refractivity contribution in [3.8, 4) is 6.07 Å². The Bertz CT molecular complexity index is 273. The molecule has 0 N–H and O–H groups in total. The van der Waals surface area contributed by atoms with Crippen molar-refractivity contribution in [3.63, 3.8) is 0 Å². The minimum absolute atomic E-state index is 0.0262. The minimum atomic E-state index is -0.477. The lowest BCUT2D eigenvalue weighted by molar-refractivity contribution is -0.134. The van der Waals surface area contributed by atoms with E-state index in [0.29, 0.717) is 26.1 Å². The molecule has 0 aromatic rings. The number of ether oxygens (including phenoxy) is 1. The molecular weight excluding hydrogens is 204 g/mol. The Labute approximate surface area is 97.2 Å². The summed E-state index contributed by atoms with van der Waals surface area (Å²) >= 11 is 0. The fourth-order valence-electron chi connectivity index (χ4n) is 1.95. The number of amides is 1. The summed E-state index contributed by atoms with van der Waals surface area (Å²) in [6.07, 6.45) is 2.46. The average molecular weight is 224 g/mol. The first-order chi connectivity index (χ1) is 7.69. The number of hydrogen-bond donors (Lipinski definition) is 0. The first-order valence-corrected chi connectivity index (χ1v) is 5.99. The van der Waals surface area contributed by atoms with Gasteiger partial charge in [-0.15, -0.1) is 0 Å². The maximum atomic E-state index is 12.1. The van der Waals surface area contributed by atoms with E-state index < -0.39 is 5.92 Å². The highest BCUT2D eigenvalue weighted by molar-refractivity contribution is 5.81. The molecule has 0 radical (unpaired) electrons. The van der Waals surface area contributed by atoms with E-state index in [-0.39, 0.29) is 12.0 Å². The third-order valence-corrected chi connectivity index (χ3v) is 2.80. The first-order valence-electron chi connectivity index (χ1n) is 5.99. The lowest BCUT2D eigenvalue weighted by Crippen LogP contribution is -2.39. The van der Waals surface area contributed by atoms with Crippen LogP contribution in [0.5, 0.6) is 0 Å². The maximum Gasteiger partial charge on any atom is 0.240 e. The number of rotatable bonds is 3. The number of nitriles is 1. The van der Waals surface area contributed by atoms with E-state index in [1.54, 1.807) is 4.90 Å². The van der Waals surface area contributed by atoms with Crippen LogP contribution in [-0.2, 0) is 9.53 Å². The summed E-state index contributed by atoms with van der Waals surface area (Å²) in [6, 6.07) is 2.10. The van der Waals surface area contributed by atoms with Crippen molar-refractivity contribution in [3.05, 3.63) is 0 Å². The summed E-state index contributed by atoms with van der Waals surface area (Å²) < 4.78 is 5.48. The molecule has 0 spiro atoms. The predicted molar refractivity (Wildman–Crippen MR) is 60.6 cm³/mol. The van der Waals surface area contributed by atoms with Crippen molar-refractivity contribution in [1.82, 2.24) is 4.90 Å². The van der Waals surface area contributed by atoms with Crippen molar-refractivity contribution in [2.45, 2.75) is 39.2 Å². The number of carbonyl (C=O) groups is 1. The molecular formula is C12H20N2O2. The highest BCUT2D eigenvalue weighted by Gasteiger charge is 2.26. The molecule has 1 amide bonds. The minimum Gasteiger partial charge on any atom is -0.377 e. The second kappa shape index (κ2) is 6.49. The molecule has 4 nitrogen and oxygen atoms in total. The quantitative estimate of drug-likeness (QED) is 0.731. The van der Waals surface area contributed by atoms with Gasteiger partial charge in [0, 0.05) is 19.7 Å². The Morgan fingerprint density at radius 1 is 1.69 bits per heavy atom. The van der Waals surface area contributed by atoms with Gasteiger partial charge in [0.15, 0.2) is 0 Å². The van der Waals surface area contributed by atoms with Gasteiger partial charge in [0.1, 0.15) is 5.92 Å². The van der Waals surface area contributed by atoms with E-state index in [9.17, 15) is 4.79 Å². The van der Waals surface area contributed by atoms with E-state index in [0.717, 1.165) is 12.8 Å². The van der Waals surface area contributed by atoms with Gasteiger partial charge in [-0.25, -0.2) is 0 Å². The van der Waals surface area contributed by atoms with Crippen LogP contribution in [0.15, 0.2) is 0 Å². The molecule has 0 aromatic heterocycles. The second-order valence-corrected chi connectivity index (χ2v) is 4.29. The molecule has 16 heavy (non-hydrogen) atoms. The molecule has 1 aliphatic rings. The zero-order valence-electron chi connectivity index (χ0n) is 10.1. The summed E-state index contributed by atoms with van der Waals surface area (Å²) in [6.45, 7) is 5.99. The Morgan fingerprint density at radius 3 is 3.06 bits per heavy atom. The van der Waals surface area contributed by atoms with Gasteiger partial charge in [0.2, 0.25) is 5.91 Å². The van der Waals surface area contributed by atoms with E-state index in [1.807, 2.05) is 13.8 Å². The van der Waals surface area contributed by atoms with Crippen LogP contribution in [0.4, 0.5) is 0 Å². The van der Waals surface area contributed by atoms with Gasteiger partial charge >= 0.3 is 0 Å². The van der Waals surface area contributed by atoms with Crippen LogP contribution >= 0.6 is 0 Å². The van der Waals surface area contributed by atoms with Crippen LogP contribution in [0.2, 0.25) is 0 Å².